The number of hydrogen-bond acceptors (Lipinski definition) is 4. The summed E-state index contributed by atoms with van der Waals surface area (Å²) >= 11 is 3.35. The van der Waals surface area contributed by atoms with Crippen molar-refractivity contribution in [2.45, 2.75) is 31.7 Å². The van der Waals surface area contributed by atoms with Gasteiger partial charge < -0.3 is 15.5 Å². The Labute approximate surface area is 134 Å². The van der Waals surface area contributed by atoms with E-state index in [2.05, 4.69) is 43.5 Å². The summed E-state index contributed by atoms with van der Waals surface area (Å²) in [6.45, 7) is 1.54. The maximum atomic E-state index is 12.2. The Kier molecular flexibility index (Phi) is 5.99. The number of nitrogens with zero attached hydrogens (tertiary/aromatic N) is 2. The van der Waals surface area contributed by atoms with Crippen LogP contribution in [0.1, 0.15) is 36.0 Å². The topological polar surface area (TPSA) is 57.3 Å². The Morgan fingerprint density at radius 1 is 1.48 bits per heavy atom. The molecule has 1 aromatic heterocycles. The first-order valence-corrected chi connectivity index (χ1v) is 8.23. The van der Waals surface area contributed by atoms with Crippen molar-refractivity contribution >= 4 is 27.7 Å². The number of rotatable bonds is 6. The zero-order chi connectivity index (χ0) is 15.2. The van der Waals surface area contributed by atoms with Crippen molar-refractivity contribution in [2.24, 2.45) is 0 Å². The van der Waals surface area contributed by atoms with Crippen molar-refractivity contribution in [3.05, 3.63) is 22.3 Å². The molecule has 0 aromatic carbocycles. The molecule has 1 amide bonds. The van der Waals surface area contributed by atoms with E-state index in [9.17, 15) is 4.79 Å². The quantitative estimate of drug-likeness (QED) is 0.823. The molecule has 0 radical (unpaired) electrons. The van der Waals surface area contributed by atoms with Gasteiger partial charge in [-0.25, -0.2) is 4.98 Å². The minimum absolute atomic E-state index is 0.0898. The minimum Gasteiger partial charge on any atom is -0.372 e. The molecule has 0 aliphatic heterocycles. The van der Waals surface area contributed by atoms with Gasteiger partial charge in [0, 0.05) is 36.8 Å². The van der Waals surface area contributed by atoms with Gasteiger partial charge in [0.15, 0.2) is 0 Å². The highest BCUT2D eigenvalue weighted by Gasteiger charge is 2.19. The lowest BCUT2D eigenvalue weighted by Crippen LogP contribution is -2.37. The first kappa shape index (κ1) is 16.2. The molecule has 116 valence electrons. The minimum atomic E-state index is -0.0898. The Hall–Kier alpha value is -1.14. The Morgan fingerprint density at radius 2 is 2.19 bits per heavy atom. The number of carbonyl (C=O) groups is 1. The van der Waals surface area contributed by atoms with Gasteiger partial charge in [-0.05, 0) is 41.9 Å². The van der Waals surface area contributed by atoms with Crippen molar-refractivity contribution in [1.29, 1.82) is 0 Å². The van der Waals surface area contributed by atoms with E-state index >= 15 is 0 Å². The monoisotopic (exact) mass is 354 g/mol. The molecule has 1 heterocycles. The van der Waals surface area contributed by atoms with Crippen LogP contribution in [0.15, 0.2) is 16.7 Å². The third-order valence-electron chi connectivity index (χ3n) is 4.03. The van der Waals surface area contributed by atoms with Gasteiger partial charge in [0.2, 0.25) is 0 Å². The van der Waals surface area contributed by atoms with Gasteiger partial charge in [-0.3, -0.25) is 4.79 Å². The second kappa shape index (κ2) is 7.75. The van der Waals surface area contributed by atoms with Crippen LogP contribution in [0, 0.1) is 0 Å². The second-order valence-corrected chi connectivity index (χ2v) is 6.39. The van der Waals surface area contributed by atoms with Crippen LogP contribution in [0.3, 0.4) is 0 Å². The average Bonchev–Trinajstić information content (AvgIpc) is 3.01. The molecule has 0 bridgehead atoms. The number of amides is 1. The zero-order valence-electron chi connectivity index (χ0n) is 12.7. The molecule has 1 aliphatic carbocycles. The molecule has 0 atom stereocenters. The summed E-state index contributed by atoms with van der Waals surface area (Å²) in [7, 11) is 3.91. The smallest absolute Gasteiger partial charge is 0.255 e. The number of halogens is 1. The number of nitrogens with one attached hydrogen (secondary N) is 2. The summed E-state index contributed by atoms with van der Waals surface area (Å²) in [6.07, 6.45) is 6.90. The van der Waals surface area contributed by atoms with Crippen LogP contribution in [0.25, 0.3) is 0 Å². The summed E-state index contributed by atoms with van der Waals surface area (Å²) in [5.74, 6) is 0.507. The molecule has 21 heavy (non-hydrogen) atoms. The number of aromatic nitrogens is 1. The third-order valence-corrected chi connectivity index (χ3v) is 4.47. The van der Waals surface area contributed by atoms with Gasteiger partial charge in [0.1, 0.15) is 5.82 Å². The van der Waals surface area contributed by atoms with Crippen LogP contribution in [0.5, 0.6) is 0 Å². The van der Waals surface area contributed by atoms with Gasteiger partial charge in [-0.15, -0.1) is 0 Å². The van der Waals surface area contributed by atoms with Crippen molar-refractivity contribution in [1.82, 2.24) is 15.2 Å². The van der Waals surface area contributed by atoms with E-state index in [0.29, 0.717) is 24.0 Å². The fourth-order valence-electron chi connectivity index (χ4n) is 2.78. The molecule has 5 nitrogen and oxygen atoms in total. The number of likely N-dealkylation sites (N-methyl/N-ethyl adjacent to an activating group) is 1. The molecule has 2 N–H and O–H groups in total. The van der Waals surface area contributed by atoms with Gasteiger partial charge >= 0.3 is 0 Å². The van der Waals surface area contributed by atoms with Crippen molar-refractivity contribution in [2.75, 3.05) is 32.5 Å². The largest absolute Gasteiger partial charge is 0.372 e. The predicted molar refractivity (Wildman–Crippen MR) is 88.7 cm³/mol. The number of carbonyl (C=O) groups excluding carboxylic acids is 1. The molecule has 1 saturated carbocycles. The van der Waals surface area contributed by atoms with Crippen LogP contribution in [-0.4, -0.2) is 49.0 Å². The molecule has 2 rings (SSSR count). The highest BCUT2D eigenvalue weighted by molar-refractivity contribution is 9.10. The highest BCUT2D eigenvalue weighted by atomic mass is 79.9. The summed E-state index contributed by atoms with van der Waals surface area (Å²) < 4.78 is 0.801. The fraction of sp³-hybridized carbons (Fsp3) is 0.600. The molecular weight excluding hydrogens is 332 g/mol. The van der Waals surface area contributed by atoms with E-state index in [1.54, 1.807) is 19.3 Å². The van der Waals surface area contributed by atoms with Gasteiger partial charge in [-0.1, -0.05) is 12.8 Å². The van der Waals surface area contributed by atoms with E-state index in [1.807, 2.05) is 0 Å². The van der Waals surface area contributed by atoms with Gasteiger partial charge in [0.25, 0.3) is 5.91 Å². The Bertz CT molecular complexity index is 489. The van der Waals surface area contributed by atoms with E-state index in [1.165, 1.54) is 25.7 Å². The van der Waals surface area contributed by atoms with Crippen molar-refractivity contribution in [3.63, 3.8) is 0 Å². The molecule has 0 spiro atoms. The Balaban J connectivity index is 1.85. The predicted octanol–water partition coefficient (Wildman–Crippen LogP) is 2.49. The summed E-state index contributed by atoms with van der Waals surface area (Å²) in [5.41, 5.74) is 0.565. The maximum Gasteiger partial charge on any atom is 0.255 e. The summed E-state index contributed by atoms with van der Waals surface area (Å²) in [6, 6.07) is 2.47. The van der Waals surface area contributed by atoms with E-state index in [-0.39, 0.29) is 5.91 Å². The number of pyridine rings is 1. The van der Waals surface area contributed by atoms with Crippen molar-refractivity contribution in [3.8, 4) is 0 Å². The standard InChI is InChI=1S/C15H23BrN4O/c1-17-14-13(9-11(16)10-19-14)15(21)18-7-8-20(2)12-5-3-4-6-12/h9-10,12H,3-8H2,1-2H3,(H,17,19)(H,18,21). The molecular formula is C15H23BrN4O. The lowest BCUT2D eigenvalue weighted by molar-refractivity contribution is 0.0947. The normalized spacial score (nSPS) is 15.4. The number of hydrogen-bond donors (Lipinski definition) is 2. The van der Waals surface area contributed by atoms with E-state index < -0.39 is 0 Å². The fourth-order valence-corrected chi connectivity index (χ4v) is 3.11. The van der Waals surface area contributed by atoms with Crippen LogP contribution >= 0.6 is 15.9 Å². The lowest BCUT2D eigenvalue weighted by atomic mass is 10.2. The second-order valence-electron chi connectivity index (χ2n) is 5.47. The average molecular weight is 355 g/mol. The van der Waals surface area contributed by atoms with E-state index in [4.69, 9.17) is 0 Å². The van der Waals surface area contributed by atoms with Crippen LogP contribution < -0.4 is 10.6 Å². The zero-order valence-corrected chi connectivity index (χ0v) is 14.2. The first-order valence-electron chi connectivity index (χ1n) is 7.43. The molecule has 1 aromatic rings. The van der Waals surface area contributed by atoms with Crippen molar-refractivity contribution < 1.29 is 4.79 Å². The molecule has 0 unspecified atom stereocenters. The number of anilines is 1. The SMILES string of the molecule is CNc1ncc(Br)cc1C(=O)NCCN(C)C1CCCC1. The van der Waals surface area contributed by atoms with Crippen LogP contribution in [0.4, 0.5) is 5.82 Å². The summed E-state index contributed by atoms with van der Waals surface area (Å²) in [5, 5.41) is 5.92. The lowest BCUT2D eigenvalue weighted by Gasteiger charge is -2.24. The van der Waals surface area contributed by atoms with Crippen LogP contribution in [-0.2, 0) is 0 Å². The van der Waals surface area contributed by atoms with E-state index in [0.717, 1.165) is 11.0 Å². The molecule has 1 aliphatic rings. The third kappa shape index (κ3) is 4.41. The molecule has 1 fully saturated rings. The van der Waals surface area contributed by atoms with Crippen LogP contribution in [0.2, 0.25) is 0 Å². The maximum absolute atomic E-state index is 12.2. The van der Waals surface area contributed by atoms with Gasteiger partial charge in [-0.2, -0.15) is 0 Å². The molecule has 0 saturated heterocycles. The summed E-state index contributed by atoms with van der Waals surface area (Å²) in [4.78, 5) is 18.8. The Morgan fingerprint density at radius 3 is 2.86 bits per heavy atom. The first-order chi connectivity index (χ1) is 10.1. The molecule has 6 heteroatoms. The van der Waals surface area contributed by atoms with Gasteiger partial charge in [0.05, 0.1) is 5.56 Å². The highest BCUT2D eigenvalue weighted by Crippen LogP contribution is 2.22.